The Labute approximate surface area is 288 Å². The number of fused-ring (bicyclic) bond motifs is 6. The third kappa shape index (κ3) is 4.69. The molecule has 234 valence electrons. The predicted octanol–water partition coefficient (Wildman–Crippen LogP) is 12.1. The molecule has 0 aliphatic heterocycles. The van der Waals surface area contributed by atoms with Gasteiger partial charge in [-0.1, -0.05) is 121 Å². The van der Waals surface area contributed by atoms with Crippen LogP contribution in [-0.4, -0.2) is 14.5 Å². The number of benzene rings is 7. The lowest BCUT2D eigenvalue weighted by Crippen LogP contribution is -1.96. The molecule has 0 radical (unpaired) electrons. The van der Waals surface area contributed by atoms with Crippen LogP contribution in [0.5, 0.6) is 0 Å². The Bertz CT molecular complexity index is 2870. The Balaban J connectivity index is 1.12. The fourth-order valence-corrected chi connectivity index (χ4v) is 7.21. The number of aromatic nitrogens is 3. The van der Waals surface area contributed by atoms with Gasteiger partial charge in [-0.3, -0.25) is 0 Å². The quantitative estimate of drug-likeness (QED) is 0.188. The Morgan fingerprint density at radius 1 is 0.360 bits per heavy atom. The number of nitrogens with zero attached hydrogens (tertiary/aromatic N) is 3. The molecular formula is C46H29N3O. The van der Waals surface area contributed by atoms with E-state index in [1.54, 1.807) is 0 Å². The van der Waals surface area contributed by atoms with Crippen LogP contribution >= 0.6 is 0 Å². The molecule has 7 aromatic carbocycles. The van der Waals surface area contributed by atoms with Crippen LogP contribution in [0.1, 0.15) is 0 Å². The van der Waals surface area contributed by atoms with E-state index in [-0.39, 0.29) is 0 Å². The van der Waals surface area contributed by atoms with Crippen molar-refractivity contribution in [2.75, 3.05) is 0 Å². The second kappa shape index (κ2) is 11.4. The zero-order chi connectivity index (χ0) is 33.0. The maximum atomic E-state index is 6.25. The minimum Gasteiger partial charge on any atom is -0.456 e. The average molecular weight is 640 g/mol. The molecule has 4 nitrogen and oxygen atoms in total. The molecule has 3 heterocycles. The van der Waals surface area contributed by atoms with Gasteiger partial charge in [0.1, 0.15) is 11.2 Å². The van der Waals surface area contributed by atoms with Gasteiger partial charge >= 0.3 is 0 Å². The minimum atomic E-state index is 0.674. The lowest BCUT2D eigenvalue weighted by molar-refractivity contribution is 0.669. The second-order valence-corrected chi connectivity index (χ2v) is 12.6. The van der Waals surface area contributed by atoms with Crippen LogP contribution < -0.4 is 0 Å². The summed E-state index contributed by atoms with van der Waals surface area (Å²) in [6, 6.07) is 61.4. The molecule has 0 bridgehead atoms. The normalized spacial score (nSPS) is 11.6. The van der Waals surface area contributed by atoms with Crippen LogP contribution in [0, 0.1) is 0 Å². The first-order valence-corrected chi connectivity index (χ1v) is 16.8. The molecule has 0 aliphatic carbocycles. The smallest absolute Gasteiger partial charge is 0.160 e. The Morgan fingerprint density at radius 2 is 0.960 bits per heavy atom. The molecule has 0 fully saturated rings. The van der Waals surface area contributed by atoms with Gasteiger partial charge in [0.2, 0.25) is 0 Å². The Hall–Kier alpha value is -6.78. The van der Waals surface area contributed by atoms with Crippen molar-refractivity contribution >= 4 is 43.7 Å². The van der Waals surface area contributed by atoms with Crippen molar-refractivity contribution < 1.29 is 4.42 Å². The maximum Gasteiger partial charge on any atom is 0.160 e. The summed E-state index contributed by atoms with van der Waals surface area (Å²) < 4.78 is 8.61. The van der Waals surface area contributed by atoms with Crippen molar-refractivity contribution in [2.45, 2.75) is 0 Å². The molecule has 10 aromatic rings. The van der Waals surface area contributed by atoms with E-state index in [1.807, 2.05) is 36.4 Å². The number of furan rings is 1. The SMILES string of the molecule is c1ccc(-c2cc(-c3ccc4c(c3)oc3ccccc34)nc(-c3cccc(-c4ccc5c6ccccc6n(-c6ccccc6)c5c4)c3)n2)cc1. The molecule has 0 amide bonds. The number of hydrogen-bond acceptors (Lipinski definition) is 3. The third-order valence-electron chi connectivity index (χ3n) is 9.61. The molecule has 3 aromatic heterocycles. The van der Waals surface area contributed by atoms with Crippen LogP contribution in [0.2, 0.25) is 0 Å². The minimum absolute atomic E-state index is 0.674. The second-order valence-electron chi connectivity index (χ2n) is 12.6. The summed E-state index contributed by atoms with van der Waals surface area (Å²) in [6.07, 6.45) is 0. The van der Waals surface area contributed by atoms with Crippen LogP contribution in [0.4, 0.5) is 0 Å². The van der Waals surface area contributed by atoms with Gasteiger partial charge < -0.3 is 8.98 Å². The molecule has 0 unspecified atom stereocenters. The summed E-state index contributed by atoms with van der Waals surface area (Å²) in [5.41, 5.74) is 12.2. The summed E-state index contributed by atoms with van der Waals surface area (Å²) in [5, 5.41) is 4.68. The molecule has 0 atom stereocenters. The van der Waals surface area contributed by atoms with E-state index in [9.17, 15) is 0 Å². The first-order valence-electron chi connectivity index (χ1n) is 16.8. The Kier molecular flexibility index (Phi) is 6.46. The van der Waals surface area contributed by atoms with Crippen molar-refractivity contribution in [1.82, 2.24) is 14.5 Å². The van der Waals surface area contributed by atoms with Gasteiger partial charge in [0.05, 0.1) is 22.4 Å². The van der Waals surface area contributed by atoms with Crippen LogP contribution in [0.3, 0.4) is 0 Å². The molecule has 10 rings (SSSR count). The zero-order valence-electron chi connectivity index (χ0n) is 27.0. The average Bonchev–Trinajstić information content (AvgIpc) is 3.73. The number of hydrogen-bond donors (Lipinski definition) is 0. The van der Waals surface area contributed by atoms with Crippen molar-refractivity contribution in [3.8, 4) is 50.7 Å². The highest BCUT2D eigenvalue weighted by molar-refractivity contribution is 6.10. The standard InChI is InChI=1S/C46H29N3O/c1-3-12-30(13-4-1)40-29-41(33-23-25-39-38-19-8-10-21-44(38)50-45(39)28-33)48-46(47-40)34-15-11-14-31(26-34)32-22-24-37-36-18-7-9-20-42(36)49(43(37)27-32)35-16-5-2-6-17-35/h1-29H. The molecule has 0 aliphatic rings. The van der Waals surface area contributed by atoms with E-state index in [0.29, 0.717) is 5.82 Å². The fraction of sp³-hybridized carbons (Fsp3) is 0. The molecule has 0 saturated carbocycles. The highest BCUT2D eigenvalue weighted by Crippen LogP contribution is 2.37. The topological polar surface area (TPSA) is 43.9 Å². The summed E-state index contributed by atoms with van der Waals surface area (Å²) in [6.45, 7) is 0. The molecule has 0 spiro atoms. The first kappa shape index (κ1) is 28.3. The highest BCUT2D eigenvalue weighted by Gasteiger charge is 2.16. The van der Waals surface area contributed by atoms with Gasteiger partial charge in [-0.25, -0.2) is 9.97 Å². The van der Waals surface area contributed by atoms with E-state index in [4.69, 9.17) is 14.4 Å². The number of rotatable bonds is 5. The third-order valence-corrected chi connectivity index (χ3v) is 9.61. The monoisotopic (exact) mass is 639 g/mol. The summed E-state index contributed by atoms with van der Waals surface area (Å²) in [7, 11) is 0. The van der Waals surface area contributed by atoms with Gasteiger partial charge in [0.25, 0.3) is 0 Å². The summed E-state index contributed by atoms with van der Waals surface area (Å²) >= 11 is 0. The van der Waals surface area contributed by atoms with Crippen LogP contribution in [0.25, 0.3) is 94.5 Å². The largest absolute Gasteiger partial charge is 0.456 e. The molecule has 4 heteroatoms. The van der Waals surface area contributed by atoms with Gasteiger partial charge in [0, 0.05) is 43.9 Å². The first-order chi connectivity index (χ1) is 24.8. The molecule has 0 saturated heterocycles. The lowest BCUT2D eigenvalue weighted by atomic mass is 10.0. The maximum absolute atomic E-state index is 6.25. The van der Waals surface area contributed by atoms with Crippen molar-refractivity contribution in [1.29, 1.82) is 0 Å². The van der Waals surface area contributed by atoms with Crippen LogP contribution in [0.15, 0.2) is 180 Å². The van der Waals surface area contributed by atoms with Gasteiger partial charge in [-0.05, 0) is 65.7 Å². The molecule has 0 N–H and O–H groups in total. The van der Waals surface area contributed by atoms with Gasteiger partial charge in [-0.15, -0.1) is 0 Å². The molecule has 50 heavy (non-hydrogen) atoms. The van der Waals surface area contributed by atoms with Crippen molar-refractivity contribution in [3.63, 3.8) is 0 Å². The zero-order valence-corrected chi connectivity index (χ0v) is 27.0. The Morgan fingerprint density at radius 3 is 1.82 bits per heavy atom. The summed E-state index contributed by atoms with van der Waals surface area (Å²) in [5.74, 6) is 0.674. The number of para-hydroxylation sites is 3. The predicted molar refractivity (Wildman–Crippen MR) is 205 cm³/mol. The van der Waals surface area contributed by atoms with Gasteiger partial charge in [0.15, 0.2) is 5.82 Å². The van der Waals surface area contributed by atoms with Crippen LogP contribution in [-0.2, 0) is 0 Å². The van der Waals surface area contributed by atoms with Gasteiger partial charge in [-0.2, -0.15) is 0 Å². The van der Waals surface area contributed by atoms with E-state index in [2.05, 4.69) is 144 Å². The summed E-state index contributed by atoms with van der Waals surface area (Å²) in [4.78, 5) is 10.3. The molecular weight excluding hydrogens is 611 g/mol. The van der Waals surface area contributed by atoms with Crippen molar-refractivity contribution in [2.24, 2.45) is 0 Å². The lowest BCUT2D eigenvalue weighted by Gasteiger charge is -2.11. The highest BCUT2D eigenvalue weighted by atomic mass is 16.3. The van der Waals surface area contributed by atoms with E-state index in [1.165, 1.54) is 21.8 Å². The van der Waals surface area contributed by atoms with E-state index in [0.717, 1.165) is 66.8 Å². The fourth-order valence-electron chi connectivity index (χ4n) is 7.21. The van der Waals surface area contributed by atoms with E-state index < -0.39 is 0 Å². The van der Waals surface area contributed by atoms with Crippen molar-refractivity contribution in [3.05, 3.63) is 176 Å². The van der Waals surface area contributed by atoms with E-state index >= 15 is 0 Å².